The predicted octanol–water partition coefficient (Wildman–Crippen LogP) is 2.84. The van der Waals surface area contributed by atoms with Crippen LogP contribution in [0.2, 0.25) is 0 Å². The van der Waals surface area contributed by atoms with Crippen LogP contribution in [0.15, 0.2) is 53.4 Å². The highest BCUT2D eigenvalue weighted by molar-refractivity contribution is 9.10. The Morgan fingerprint density at radius 2 is 2.17 bits per heavy atom. The summed E-state index contributed by atoms with van der Waals surface area (Å²) in [5, 5.41) is 11.2. The van der Waals surface area contributed by atoms with Crippen LogP contribution in [0, 0.1) is 6.92 Å². The average molecular weight is 374 g/mol. The zero-order valence-corrected chi connectivity index (χ0v) is 14.2. The van der Waals surface area contributed by atoms with Gasteiger partial charge in [-0.3, -0.25) is 14.2 Å². The van der Waals surface area contributed by atoms with Crippen molar-refractivity contribution in [2.45, 2.75) is 20.0 Å². The van der Waals surface area contributed by atoms with E-state index in [4.69, 9.17) is 0 Å². The Bertz CT molecular complexity index is 823. The molecule has 6 nitrogen and oxygen atoms in total. The second-order valence-corrected chi connectivity index (χ2v) is 6.15. The summed E-state index contributed by atoms with van der Waals surface area (Å²) in [5.74, 6) is -0.101. The van der Waals surface area contributed by atoms with Crippen LogP contribution in [0.4, 0.5) is 5.69 Å². The number of hydrogen-bond acceptors (Lipinski definition) is 3. The highest BCUT2D eigenvalue weighted by Gasteiger charge is 2.06. The zero-order valence-electron chi connectivity index (χ0n) is 12.6. The highest BCUT2D eigenvalue weighted by Crippen LogP contribution is 2.13. The van der Waals surface area contributed by atoms with Crippen LogP contribution in [0.1, 0.15) is 11.3 Å². The monoisotopic (exact) mass is 373 g/mol. The molecule has 118 valence electrons. The largest absolute Gasteiger partial charge is 0.324 e. The van der Waals surface area contributed by atoms with E-state index in [1.165, 1.54) is 0 Å². The van der Waals surface area contributed by atoms with E-state index in [0.29, 0.717) is 6.54 Å². The minimum atomic E-state index is -0.101. The van der Waals surface area contributed by atoms with Gasteiger partial charge in [0, 0.05) is 23.8 Å². The van der Waals surface area contributed by atoms with Crippen LogP contribution >= 0.6 is 15.9 Å². The summed E-state index contributed by atoms with van der Waals surface area (Å²) in [6.07, 6.45) is 5.34. The Morgan fingerprint density at radius 1 is 1.30 bits per heavy atom. The molecule has 1 amide bonds. The molecule has 0 aliphatic carbocycles. The smallest absolute Gasteiger partial charge is 0.246 e. The Morgan fingerprint density at radius 3 is 2.87 bits per heavy atom. The van der Waals surface area contributed by atoms with E-state index in [-0.39, 0.29) is 12.5 Å². The van der Waals surface area contributed by atoms with Gasteiger partial charge in [-0.2, -0.15) is 10.2 Å². The lowest BCUT2D eigenvalue weighted by molar-refractivity contribution is -0.116. The number of carbonyl (C=O) groups is 1. The molecule has 23 heavy (non-hydrogen) atoms. The van der Waals surface area contributed by atoms with Crippen LogP contribution in [0.3, 0.4) is 0 Å². The minimum absolute atomic E-state index is 0.101. The number of carbonyl (C=O) groups excluding carboxylic acids is 1. The summed E-state index contributed by atoms with van der Waals surface area (Å²) >= 11 is 3.38. The van der Waals surface area contributed by atoms with Gasteiger partial charge in [-0.15, -0.1) is 0 Å². The van der Waals surface area contributed by atoms with E-state index >= 15 is 0 Å². The van der Waals surface area contributed by atoms with Crippen molar-refractivity contribution < 1.29 is 4.79 Å². The van der Waals surface area contributed by atoms with Gasteiger partial charge in [-0.25, -0.2) is 0 Å². The number of halogens is 1. The summed E-state index contributed by atoms with van der Waals surface area (Å²) in [7, 11) is 0. The summed E-state index contributed by atoms with van der Waals surface area (Å²) < 4.78 is 4.44. The van der Waals surface area contributed by atoms with Crippen molar-refractivity contribution >= 4 is 27.5 Å². The van der Waals surface area contributed by atoms with Crippen molar-refractivity contribution in [1.82, 2.24) is 19.6 Å². The average Bonchev–Trinajstić information content (AvgIpc) is 3.08. The maximum atomic E-state index is 12.1. The summed E-state index contributed by atoms with van der Waals surface area (Å²) in [5.41, 5.74) is 2.79. The zero-order chi connectivity index (χ0) is 16.2. The molecule has 3 aromatic rings. The molecule has 1 aromatic carbocycles. The number of rotatable bonds is 5. The van der Waals surface area contributed by atoms with Crippen molar-refractivity contribution in [3.63, 3.8) is 0 Å². The first-order valence-corrected chi connectivity index (χ1v) is 7.94. The molecular formula is C16H16BrN5O. The third-order valence-electron chi connectivity index (χ3n) is 3.38. The lowest BCUT2D eigenvalue weighted by atomic mass is 10.2. The first-order valence-electron chi connectivity index (χ1n) is 7.15. The lowest BCUT2D eigenvalue weighted by Crippen LogP contribution is -2.20. The first-order chi connectivity index (χ1) is 11.1. The molecule has 0 saturated heterocycles. The number of anilines is 1. The summed E-state index contributed by atoms with van der Waals surface area (Å²) in [4.78, 5) is 12.1. The molecule has 0 saturated carbocycles. The molecule has 0 aliphatic heterocycles. The van der Waals surface area contributed by atoms with Crippen LogP contribution in [-0.4, -0.2) is 25.5 Å². The molecule has 2 aromatic heterocycles. The molecular weight excluding hydrogens is 358 g/mol. The van der Waals surface area contributed by atoms with Gasteiger partial charge in [-0.1, -0.05) is 12.1 Å². The maximum absolute atomic E-state index is 12.1. The van der Waals surface area contributed by atoms with Gasteiger partial charge < -0.3 is 5.32 Å². The fraction of sp³-hybridized carbons (Fsp3) is 0.188. The lowest BCUT2D eigenvalue weighted by Gasteiger charge is -2.09. The number of nitrogens with one attached hydrogen (secondary N) is 1. The molecule has 1 N–H and O–H groups in total. The SMILES string of the molecule is Cc1ccnn1CC(=O)Nc1cccc(Cn2cc(Br)cn2)c1. The number of hydrogen-bond donors (Lipinski definition) is 1. The van der Waals surface area contributed by atoms with Crippen LogP contribution in [-0.2, 0) is 17.9 Å². The van der Waals surface area contributed by atoms with Crippen LogP contribution < -0.4 is 5.32 Å². The third-order valence-corrected chi connectivity index (χ3v) is 3.79. The number of aryl methyl sites for hydroxylation is 1. The Kier molecular flexibility index (Phi) is 4.57. The van der Waals surface area contributed by atoms with Crippen molar-refractivity contribution in [2.75, 3.05) is 5.32 Å². The number of amides is 1. The molecule has 0 spiro atoms. The Balaban J connectivity index is 1.65. The molecule has 0 unspecified atom stereocenters. The van der Waals surface area contributed by atoms with Gasteiger partial charge in [0.15, 0.2) is 0 Å². The molecule has 0 fully saturated rings. The Hall–Kier alpha value is -2.41. The summed E-state index contributed by atoms with van der Waals surface area (Å²) in [6, 6.07) is 9.61. The number of benzene rings is 1. The standard InChI is InChI=1S/C16H16BrN5O/c1-12-5-6-18-22(12)11-16(23)20-15-4-2-3-13(7-15)9-21-10-14(17)8-19-21/h2-8,10H,9,11H2,1H3,(H,20,23). The minimum Gasteiger partial charge on any atom is -0.324 e. The van der Waals surface area contributed by atoms with E-state index in [1.54, 1.807) is 17.1 Å². The van der Waals surface area contributed by atoms with Crippen molar-refractivity contribution in [1.29, 1.82) is 0 Å². The van der Waals surface area contributed by atoms with Crippen molar-refractivity contribution in [2.24, 2.45) is 0 Å². The second kappa shape index (κ2) is 6.78. The third kappa shape index (κ3) is 4.07. The van der Waals surface area contributed by atoms with E-state index in [9.17, 15) is 4.79 Å². The summed E-state index contributed by atoms with van der Waals surface area (Å²) in [6.45, 7) is 2.77. The molecule has 0 radical (unpaired) electrons. The Labute approximate surface area is 142 Å². The quantitative estimate of drug-likeness (QED) is 0.747. The maximum Gasteiger partial charge on any atom is 0.246 e. The normalized spacial score (nSPS) is 10.7. The second-order valence-electron chi connectivity index (χ2n) is 5.23. The van der Waals surface area contributed by atoms with E-state index in [2.05, 4.69) is 31.4 Å². The molecule has 3 rings (SSSR count). The van der Waals surface area contributed by atoms with E-state index in [0.717, 1.165) is 21.4 Å². The number of nitrogens with zero attached hydrogens (tertiary/aromatic N) is 4. The topological polar surface area (TPSA) is 64.7 Å². The fourth-order valence-electron chi connectivity index (χ4n) is 2.26. The van der Waals surface area contributed by atoms with E-state index < -0.39 is 0 Å². The van der Waals surface area contributed by atoms with Crippen molar-refractivity contribution in [3.8, 4) is 0 Å². The number of aromatic nitrogens is 4. The predicted molar refractivity (Wildman–Crippen MR) is 91.1 cm³/mol. The van der Waals surface area contributed by atoms with Gasteiger partial charge >= 0.3 is 0 Å². The van der Waals surface area contributed by atoms with E-state index in [1.807, 2.05) is 48.1 Å². The van der Waals surface area contributed by atoms with Gasteiger partial charge in [0.25, 0.3) is 0 Å². The first kappa shape index (κ1) is 15.5. The van der Waals surface area contributed by atoms with Crippen LogP contribution in [0.25, 0.3) is 0 Å². The van der Waals surface area contributed by atoms with Crippen molar-refractivity contribution in [3.05, 3.63) is 64.7 Å². The van der Waals surface area contributed by atoms with Gasteiger partial charge in [0.1, 0.15) is 6.54 Å². The highest BCUT2D eigenvalue weighted by atomic mass is 79.9. The molecule has 0 bridgehead atoms. The molecule has 7 heteroatoms. The van der Waals surface area contributed by atoms with Gasteiger partial charge in [0.05, 0.1) is 17.2 Å². The van der Waals surface area contributed by atoms with Gasteiger partial charge in [0.2, 0.25) is 5.91 Å². The van der Waals surface area contributed by atoms with Crippen LogP contribution in [0.5, 0.6) is 0 Å². The fourth-order valence-corrected chi connectivity index (χ4v) is 2.59. The molecule has 0 aliphatic rings. The molecule has 0 atom stereocenters. The molecule has 2 heterocycles. The van der Waals surface area contributed by atoms with Gasteiger partial charge in [-0.05, 0) is 46.6 Å².